The van der Waals surface area contributed by atoms with Crippen molar-refractivity contribution in [3.8, 4) is 0 Å². The highest BCUT2D eigenvalue weighted by molar-refractivity contribution is 5.77. The average Bonchev–Trinajstić information content (AvgIpc) is 2.84. The molecule has 3 nitrogen and oxygen atoms in total. The van der Waals surface area contributed by atoms with Gasteiger partial charge in [-0.15, -0.1) is 0 Å². The molecule has 1 aliphatic heterocycles. The molecule has 1 fully saturated rings. The van der Waals surface area contributed by atoms with Crippen molar-refractivity contribution in [3.05, 3.63) is 36.1 Å². The zero-order valence-corrected chi connectivity index (χ0v) is 8.31. The monoisotopic (exact) mass is 203 g/mol. The number of benzene rings is 1. The largest absolute Gasteiger partial charge is 0.464 e. The van der Waals surface area contributed by atoms with E-state index in [4.69, 9.17) is 4.42 Å². The average molecular weight is 203 g/mol. The fourth-order valence-corrected chi connectivity index (χ4v) is 2.21. The van der Waals surface area contributed by atoms with E-state index in [0.717, 1.165) is 29.5 Å². The summed E-state index contributed by atoms with van der Waals surface area (Å²) in [4.78, 5) is 0. The van der Waals surface area contributed by atoms with E-state index in [1.807, 2.05) is 18.2 Å². The van der Waals surface area contributed by atoms with Crippen LogP contribution in [0.15, 0.2) is 34.9 Å². The first kappa shape index (κ1) is 8.95. The summed E-state index contributed by atoms with van der Waals surface area (Å²) in [7, 11) is 0. The Bertz CT molecular complexity index is 477. The number of rotatable bonds is 1. The topological polar surface area (TPSA) is 45.4 Å². The lowest BCUT2D eigenvalue weighted by atomic mass is 10.0. The van der Waals surface area contributed by atoms with E-state index < -0.39 is 0 Å². The van der Waals surface area contributed by atoms with Crippen LogP contribution in [0.25, 0.3) is 11.0 Å². The summed E-state index contributed by atoms with van der Waals surface area (Å²) in [6.45, 7) is 0.884. The summed E-state index contributed by atoms with van der Waals surface area (Å²) in [6, 6.07) is 8.06. The molecule has 1 saturated heterocycles. The zero-order chi connectivity index (χ0) is 10.3. The second kappa shape index (κ2) is 3.36. The van der Waals surface area contributed by atoms with Crippen LogP contribution in [0, 0.1) is 0 Å². The molecule has 0 saturated carbocycles. The molecule has 1 aliphatic rings. The Labute approximate surface area is 87.7 Å². The summed E-state index contributed by atoms with van der Waals surface area (Å²) in [6.07, 6.45) is 2.25. The predicted octanol–water partition coefficient (Wildman–Crippen LogP) is 1.83. The molecule has 2 N–H and O–H groups in total. The van der Waals surface area contributed by atoms with Crippen LogP contribution < -0.4 is 5.32 Å². The van der Waals surface area contributed by atoms with Crippen LogP contribution in [0.5, 0.6) is 0 Å². The minimum Gasteiger partial charge on any atom is -0.464 e. The maximum Gasteiger partial charge on any atom is 0.133 e. The van der Waals surface area contributed by atoms with Crippen molar-refractivity contribution < 1.29 is 9.52 Å². The van der Waals surface area contributed by atoms with Gasteiger partial charge in [-0.2, -0.15) is 0 Å². The van der Waals surface area contributed by atoms with Crippen LogP contribution in [-0.4, -0.2) is 17.8 Å². The van der Waals surface area contributed by atoms with E-state index in [9.17, 15) is 5.11 Å². The van der Waals surface area contributed by atoms with Gasteiger partial charge in [0.15, 0.2) is 0 Å². The molecule has 2 heterocycles. The number of fused-ring (bicyclic) bond motifs is 1. The van der Waals surface area contributed by atoms with Gasteiger partial charge in [-0.25, -0.2) is 0 Å². The molecule has 2 atom stereocenters. The molecular formula is C12H13NO2. The van der Waals surface area contributed by atoms with Crippen LogP contribution in [0.4, 0.5) is 0 Å². The van der Waals surface area contributed by atoms with Crippen molar-refractivity contribution in [2.75, 3.05) is 6.54 Å². The maximum atomic E-state index is 9.78. The number of aliphatic hydroxyl groups excluding tert-OH is 1. The third-order valence-electron chi connectivity index (χ3n) is 3.02. The Balaban J connectivity index is 2.03. The van der Waals surface area contributed by atoms with Crippen LogP contribution in [-0.2, 0) is 0 Å². The summed E-state index contributed by atoms with van der Waals surface area (Å²) in [5.74, 6) is 0. The van der Waals surface area contributed by atoms with Crippen LogP contribution in [0.1, 0.15) is 18.0 Å². The normalized spacial score (nSPS) is 26.2. The molecule has 1 aromatic heterocycles. The van der Waals surface area contributed by atoms with Gasteiger partial charge >= 0.3 is 0 Å². The van der Waals surface area contributed by atoms with Gasteiger partial charge in [0.05, 0.1) is 18.4 Å². The van der Waals surface area contributed by atoms with Crippen LogP contribution in [0.3, 0.4) is 0 Å². The van der Waals surface area contributed by atoms with Crippen LogP contribution >= 0.6 is 0 Å². The molecule has 0 spiro atoms. The highest BCUT2D eigenvalue weighted by Gasteiger charge is 2.26. The molecule has 0 bridgehead atoms. The van der Waals surface area contributed by atoms with E-state index in [-0.39, 0.29) is 12.1 Å². The number of furan rings is 1. The lowest BCUT2D eigenvalue weighted by Crippen LogP contribution is -2.20. The summed E-state index contributed by atoms with van der Waals surface area (Å²) in [5.41, 5.74) is 2.03. The highest BCUT2D eigenvalue weighted by atomic mass is 16.3. The molecule has 1 aromatic carbocycles. The van der Waals surface area contributed by atoms with E-state index >= 15 is 0 Å². The van der Waals surface area contributed by atoms with Crippen molar-refractivity contribution in [3.63, 3.8) is 0 Å². The fourth-order valence-electron chi connectivity index (χ4n) is 2.21. The van der Waals surface area contributed by atoms with Crippen molar-refractivity contribution >= 4 is 11.0 Å². The molecule has 3 rings (SSSR count). The van der Waals surface area contributed by atoms with Crippen molar-refractivity contribution in [1.29, 1.82) is 0 Å². The van der Waals surface area contributed by atoms with E-state index in [1.165, 1.54) is 0 Å². The third-order valence-corrected chi connectivity index (χ3v) is 3.02. The number of aliphatic hydroxyl groups is 1. The van der Waals surface area contributed by atoms with Crippen LogP contribution in [0.2, 0.25) is 0 Å². The first-order valence-corrected chi connectivity index (χ1v) is 5.23. The molecule has 15 heavy (non-hydrogen) atoms. The minimum atomic E-state index is -0.269. The summed E-state index contributed by atoms with van der Waals surface area (Å²) in [5, 5.41) is 14.2. The summed E-state index contributed by atoms with van der Waals surface area (Å²) < 4.78 is 5.28. The van der Waals surface area contributed by atoms with Gasteiger partial charge in [-0.3, -0.25) is 0 Å². The molecule has 78 valence electrons. The molecule has 0 radical (unpaired) electrons. The van der Waals surface area contributed by atoms with Gasteiger partial charge in [0, 0.05) is 5.39 Å². The lowest BCUT2D eigenvalue weighted by Gasteiger charge is -2.14. The molecule has 2 aromatic rings. The second-order valence-electron chi connectivity index (χ2n) is 4.01. The Kier molecular flexibility index (Phi) is 2.01. The number of nitrogens with one attached hydrogen (secondary N) is 1. The predicted molar refractivity (Wildman–Crippen MR) is 57.6 cm³/mol. The standard InChI is InChI=1S/C12H13NO2/c14-10-3-5-13-12(10)9-1-2-11-8(7-9)4-6-15-11/h1-2,4,6-7,10,12-14H,3,5H2. The quantitative estimate of drug-likeness (QED) is 0.743. The van der Waals surface area contributed by atoms with Gasteiger partial charge in [0.25, 0.3) is 0 Å². The van der Waals surface area contributed by atoms with E-state index in [0.29, 0.717) is 0 Å². The molecule has 2 unspecified atom stereocenters. The Morgan fingerprint density at radius 2 is 2.27 bits per heavy atom. The third kappa shape index (κ3) is 1.44. The second-order valence-corrected chi connectivity index (χ2v) is 4.01. The van der Waals surface area contributed by atoms with E-state index in [2.05, 4.69) is 11.4 Å². The molecule has 3 heteroatoms. The van der Waals surface area contributed by atoms with Gasteiger partial charge in [-0.05, 0) is 36.7 Å². The van der Waals surface area contributed by atoms with Gasteiger partial charge < -0.3 is 14.8 Å². The van der Waals surface area contributed by atoms with Crippen molar-refractivity contribution in [2.45, 2.75) is 18.6 Å². The first-order valence-electron chi connectivity index (χ1n) is 5.23. The maximum absolute atomic E-state index is 9.78. The van der Waals surface area contributed by atoms with E-state index in [1.54, 1.807) is 6.26 Å². The van der Waals surface area contributed by atoms with Gasteiger partial charge in [-0.1, -0.05) is 6.07 Å². The number of hydrogen-bond donors (Lipinski definition) is 2. The Morgan fingerprint density at radius 1 is 1.33 bits per heavy atom. The molecule has 0 amide bonds. The van der Waals surface area contributed by atoms with Crippen molar-refractivity contribution in [2.24, 2.45) is 0 Å². The fraction of sp³-hybridized carbons (Fsp3) is 0.333. The zero-order valence-electron chi connectivity index (χ0n) is 8.31. The summed E-state index contributed by atoms with van der Waals surface area (Å²) >= 11 is 0. The smallest absolute Gasteiger partial charge is 0.133 e. The van der Waals surface area contributed by atoms with Crippen molar-refractivity contribution in [1.82, 2.24) is 5.32 Å². The lowest BCUT2D eigenvalue weighted by molar-refractivity contribution is 0.160. The minimum absolute atomic E-state index is 0.0734. The SMILES string of the molecule is OC1CCNC1c1ccc2occc2c1. The van der Waals surface area contributed by atoms with Gasteiger partial charge in [0.2, 0.25) is 0 Å². The Hall–Kier alpha value is -1.32. The molecule has 0 aliphatic carbocycles. The molecular weight excluding hydrogens is 190 g/mol. The van der Waals surface area contributed by atoms with Gasteiger partial charge in [0.1, 0.15) is 5.58 Å². The Morgan fingerprint density at radius 3 is 3.07 bits per heavy atom. The highest BCUT2D eigenvalue weighted by Crippen LogP contribution is 2.26. The number of hydrogen-bond acceptors (Lipinski definition) is 3. The first-order chi connectivity index (χ1) is 7.34.